The number of hydrogen-bond acceptors (Lipinski definition) is 6. The SMILES string of the molecule is CCCCCCC/C=C\C/C=C\C/C=C\CCCCCCCCCCCCC(=O)OCC(COC(=O)CCCCCCCCCCCCC)OC(=O)CCCCCCCCCCCCCC. The van der Waals surface area contributed by atoms with Gasteiger partial charge in [0.15, 0.2) is 6.10 Å². The summed E-state index contributed by atoms with van der Waals surface area (Å²) >= 11 is 0. The van der Waals surface area contributed by atoms with E-state index < -0.39 is 6.10 Å². The maximum atomic E-state index is 12.8. The lowest BCUT2D eigenvalue weighted by Crippen LogP contribution is -2.30. The van der Waals surface area contributed by atoms with Gasteiger partial charge in [0.1, 0.15) is 13.2 Å². The molecule has 6 nitrogen and oxygen atoms in total. The predicted octanol–water partition coefficient (Wildman–Crippen LogP) is 19.3. The summed E-state index contributed by atoms with van der Waals surface area (Å²) in [5.74, 6) is -0.858. The molecule has 0 fully saturated rings. The lowest BCUT2D eigenvalue weighted by atomic mass is 10.0. The van der Waals surface area contributed by atoms with Gasteiger partial charge in [-0.1, -0.05) is 269 Å². The highest BCUT2D eigenvalue weighted by molar-refractivity contribution is 5.71. The molecule has 0 aromatic carbocycles. The van der Waals surface area contributed by atoms with Gasteiger partial charge in [-0.2, -0.15) is 0 Å². The van der Waals surface area contributed by atoms with E-state index in [2.05, 4.69) is 57.2 Å². The van der Waals surface area contributed by atoms with Crippen LogP contribution in [0.25, 0.3) is 0 Å². The van der Waals surface area contributed by atoms with Crippen molar-refractivity contribution in [3.63, 3.8) is 0 Å². The smallest absolute Gasteiger partial charge is 0.306 e. The van der Waals surface area contributed by atoms with Gasteiger partial charge in [-0.25, -0.2) is 0 Å². The maximum Gasteiger partial charge on any atom is 0.306 e. The van der Waals surface area contributed by atoms with E-state index in [1.807, 2.05) is 0 Å². The topological polar surface area (TPSA) is 78.9 Å². The van der Waals surface area contributed by atoms with E-state index in [0.29, 0.717) is 19.3 Å². The summed E-state index contributed by atoms with van der Waals surface area (Å²) in [6.45, 7) is 6.65. The van der Waals surface area contributed by atoms with Crippen molar-refractivity contribution in [3.05, 3.63) is 36.5 Å². The zero-order chi connectivity index (χ0) is 47.9. The molecule has 0 aliphatic heterocycles. The van der Waals surface area contributed by atoms with Crippen molar-refractivity contribution in [2.75, 3.05) is 13.2 Å². The van der Waals surface area contributed by atoms with Gasteiger partial charge in [0.25, 0.3) is 0 Å². The lowest BCUT2D eigenvalue weighted by molar-refractivity contribution is -0.167. The molecule has 1 unspecified atom stereocenters. The second kappa shape index (κ2) is 55.2. The second-order valence-corrected chi connectivity index (χ2v) is 19.6. The number of esters is 3. The van der Waals surface area contributed by atoms with Gasteiger partial charge < -0.3 is 14.2 Å². The number of unbranched alkanes of at least 4 members (excludes halogenated alkanes) is 36. The number of carbonyl (C=O) groups excluding carboxylic acids is 3. The quantitative estimate of drug-likeness (QED) is 0.0262. The highest BCUT2D eigenvalue weighted by atomic mass is 16.6. The Bertz CT molecular complexity index is 1110. The number of ether oxygens (including phenoxy) is 3. The minimum absolute atomic E-state index is 0.0684. The van der Waals surface area contributed by atoms with Gasteiger partial charge in [0.2, 0.25) is 0 Å². The molecule has 0 aromatic rings. The van der Waals surface area contributed by atoms with Crippen LogP contribution in [-0.2, 0) is 28.6 Å². The van der Waals surface area contributed by atoms with Gasteiger partial charge in [-0.05, 0) is 57.8 Å². The third-order valence-corrected chi connectivity index (χ3v) is 12.9. The lowest BCUT2D eigenvalue weighted by Gasteiger charge is -2.18. The molecule has 0 aliphatic rings. The Morgan fingerprint density at radius 3 is 0.848 bits per heavy atom. The molecule has 0 rings (SSSR count). The molecule has 0 amide bonds. The first-order chi connectivity index (χ1) is 32.5. The molecule has 1 atom stereocenters. The molecule has 0 spiro atoms. The van der Waals surface area contributed by atoms with E-state index in [1.165, 1.54) is 199 Å². The number of rotatable bonds is 53. The van der Waals surface area contributed by atoms with Crippen LogP contribution in [-0.4, -0.2) is 37.2 Å². The molecule has 6 heteroatoms. The predicted molar refractivity (Wildman–Crippen MR) is 284 cm³/mol. The van der Waals surface area contributed by atoms with Crippen molar-refractivity contribution in [2.24, 2.45) is 0 Å². The van der Waals surface area contributed by atoms with Crippen molar-refractivity contribution < 1.29 is 28.6 Å². The van der Waals surface area contributed by atoms with Crippen LogP contribution in [0.4, 0.5) is 0 Å². The Morgan fingerprint density at radius 1 is 0.303 bits per heavy atom. The summed E-state index contributed by atoms with van der Waals surface area (Å²) in [7, 11) is 0. The molecule has 0 saturated heterocycles. The van der Waals surface area contributed by atoms with E-state index >= 15 is 0 Å². The molecule has 0 aromatic heterocycles. The Labute approximate surface area is 410 Å². The van der Waals surface area contributed by atoms with Gasteiger partial charge >= 0.3 is 17.9 Å². The van der Waals surface area contributed by atoms with Crippen LogP contribution in [0.5, 0.6) is 0 Å². The highest BCUT2D eigenvalue weighted by Crippen LogP contribution is 2.16. The largest absolute Gasteiger partial charge is 0.462 e. The Morgan fingerprint density at radius 2 is 0.545 bits per heavy atom. The normalized spacial score (nSPS) is 12.2. The van der Waals surface area contributed by atoms with Crippen molar-refractivity contribution in [1.82, 2.24) is 0 Å². The van der Waals surface area contributed by atoms with Crippen LogP contribution in [0, 0.1) is 0 Å². The zero-order valence-corrected chi connectivity index (χ0v) is 44.2. The Kier molecular flexibility index (Phi) is 53.2. The fourth-order valence-electron chi connectivity index (χ4n) is 8.51. The molecule has 0 radical (unpaired) electrons. The van der Waals surface area contributed by atoms with Crippen molar-refractivity contribution in [3.8, 4) is 0 Å². The highest BCUT2D eigenvalue weighted by Gasteiger charge is 2.19. The monoisotopic (exact) mass is 927 g/mol. The standard InChI is InChI=1S/C60H110O6/c1-4-7-10-13-16-19-22-24-25-26-27-28-29-30-31-32-33-34-35-36-39-41-44-47-50-53-59(62)65-56-57(55-64-58(61)52-49-46-43-40-37-21-18-15-12-9-6-3)66-60(63)54-51-48-45-42-38-23-20-17-14-11-8-5-2/h22,24,26-27,29-30,57H,4-21,23,25,28,31-56H2,1-3H3/b24-22-,27-26-,30-29-. The number of allylic oxidation sites excluding steroid dienone is 6. The Hall–Kier alpha value is -2.37. The summed E-state index contributed by atoms with van der Waals surface area (Å²) in [5, 5.41) is 0. The summed E-state index contributed by atoms with van der Waals surface area (Å²) in [4.78, 5) is 38.0. The van der Waals surface area contributed by atoms with Crippen LogP contribution in [0.2, 0.25) is 0 Å². The molecule has 0 bridgehead atoms. The minimum Gasteiger partial charge on any atom is -0.462 e. The van der Waals surface area contributed by atoms with Crippen molar-refractivity contribution in [2.45, 2.75) is 316 Å². The van der Waals surface area contributed by atoms with E-state index in [4.69, 9.17) is 14.2 Å². The van der Waals surface area contributed by atoms with E-state index in [-0.39, 0.29) is 31.1 Å². The van der Waals surface area contributed by atoms with Gasteiger partial charge in [0.05, 0.1) is 0 Å². The molecular weight excluding hydrogens is 817 g/mol. The molecular formula is C60H110O6. The van der Waals surface area contributed by atoms with Crippen LogP contribution < -0.4 is 0 Å². The number of carbonyl (C=O) groups is 3. The van der Waals surface area contributed by atoms with Gasteiger partial charge in [-0.15, -0.1) is 0 Å². The first-order valence-corrected chi connectivity index (χ1v) is 29.0. The zero-order valence-electron chi connectivity index (χ0n) is 44.2. The van der Waals surface area contributed by atoms with Crippen LogP contribution >= 0.6 is 0 Å². The third kappa shape index (κ3) is 52.6. The summed E-state index contributed by atoms with van der Waals surface area (Å²) in [6.07, 6.45) is 65.7. The van der Waals surface area contributed by atoms with E-state index in [1.54, 1.807) is 0 Å². The van der Waals surface area contributed by atoms with E-state index in [0.717, 1.165) is 70.6 Å². The average Bonchev–Trinajstić information content (AvgIpc) is 3.31. The number of hydrogen-bond donors (Lipinski definition) is 0. The molecule has 0 aliphatic carbocycles. The second-order valence-electron chi connectivity index (χ2n) is 19.6. The third-order valence-electron chi connectivity index (χ3n) is 12.9. The van der Waals surface area contributed by atoms with Crippen molar-refractivity contribution >= 4 is 17.9 Å². The first-order valence-electron chi connectivity index (χ1n) is 29.0. The van der Waals surface area contributed by atoms with Gasteiger partial charge in [-0.3, -0.25) is 14.4 Å². The van der Waals surface area contributed by atoms with Crippen molar-refractivity contribution in [1.29, 1.82) is 0 Å². The fraction of sp³-hybridized carbons (Fsp3) is 0.850. The van der Waals surface area contributed by atoms with Gasteiger partial charge in [0, 0.05) is 19.3 Å². The minimum atomic E-state index is -0.768. The summed E-state index contributed by atoms with van der Waals surface area (Å²) < 4.78 is 16.8. The summed E-state index contributed by atoms with van der Waals surface area (Å²) in [5.41, 5.74) is 0. The van der Waals surface area contributed by atoms with Crippen LogP contribution in [0.1, 0.15) is 310 Å². The molecule has 0 saturated carbocycles. The van der Waals surface area contributed by atoms with E-state index in [9.17, 15) is 14.4 Å². The molecule has 386 valence electrons. The molecule has 0 N–H and O–H groups in total. The Balaban J connectivity index is 4.20. The first kappa shape index (κ1) is 63.6. The van der Waals surface area contributed by atoms with Crippen LogP contribution in [0.3, 0.4) is 0 Å². The molecule has 66 heavy (non-hydrogen) atoms. The van der Waals surface area contributed by atoms with Crippen LogP contribution in [0.15, 0.2) is 36.5 Å². The summed E-state index contributed by atoms with van der Waals surface area (Å²) in [6, 6.07) is 0. The maximum absolute atomic E-state index is 12.8. The molecule has 0 heterocycles. The fourth-order valence-corrected chi connectivity index (χ4v) is 8.51. The average molecular weight is 928 g/mol.